The van der Waals surface area contributed by atoms with Gasteiger partial charge in [-0.1, -0.05) is 11.6 Å². The zero-order valence-electron chi connectivity index (χ0n) is 13.3. The van der Waals surface area contributed by atoms with Crippen LogP contribution in [0.25, 0.3) is 0 Å². The highest BCUT2D eigenvalue weighted by Crippen LogP contribution is 2.27. The summed E-state index contributed by atoms with van der Waals surface area (Å²) < 4.78 is 6.06. The van der Waals surface area contributed by atoms with Crippen LogP contribution in [0.5, 0.6) is 0 Å². The minimum Gasteiger partial charge on any atom is -0.444 e. The van der Waals surface area contributed by atoms with Crippen LogP contribution in [-0.4, -0.2) is 40.4 Å². The first kappa shape index (κ1) is 17.9. The maximum Gasteiger partial charge on any atom is 0.410 e. The van der Waals surface area contributed by atoms with Gasteiger partial charge in [-0.2, -0.15) is 11.8 Å². The largest absolute Gasteiger partial charge is 0.444 e. The highest BCUT2D eigenvalue weighted by Gasteiger charge is 2.27. The van der Waals surface area contributed by atoms with E-state index in [-0.39, 0.29) is 6.09 Å². The van der Waals surface area contributed by atoms with Crippen LogP contribution in [0.15, 0.2) is 6.20 Å². The second-order valence-electron chi connectivity index (χ2n) is 6.53. The number of amides is 1. The lowest BCUT2D eigenvalue weighted by molar-refractivity contribution is 0.0177. The van der Waals surface area contributed by atoms with Crippen molar-refractivity contribution in [2.24, 2.45) is 5.92 Å². The molecule has 0 spiro atoms. The van der Waals surface area contributed by atoms with E-state index >= 15 is 0 Å². The Hall–Kier alpha value is -0.460. The summed E-state index contributed by atoms with van der Waals surface area (Å²) in [7, 11) is 0. The van der Waals surface area contributed by atoms with Crippen LogP contribution in [0.2, 0.25) is 4.47 Å². The Morgan fingerprint density at radius 1 is 1.59 bits per heavy atom. The summed E-state index contributed by atoms with van der Waals surface area (Å²) in [6, 6.07) is 0. The SMILES string of the molecule is CC(C)(C)OC(=O)N1CCC[C@@H](CSCc2cnc(Cl)s2)C1. The molecule has 1 atom stereocenters. The summed E-state index contributed by atoms with van der Waals surface area (Å²) in [6.07, 6.45) is 3.89. The predicted octanol–water partition coefficient (Wildman–Crippen LogP) is 4.68. The average molecular weight is 363 g/mol. The standard InChI is InChI=1S/C15H23ClN2O2S2/c1-15(2,3)20-14(19)18-6-4-5-11(8-18)9-21-10-12-7-17-13(16)22-12/h7,11H,4-6,8-10H2,1-3H3/t11-/m1/s1. The summed E-state index contributed by atoms with van der Waals surface area (Å²) in [5.41, 5.74) is -0.426. The molecule has 2 rings (SSSR count). The van der Waals surface area contributed by atoms with E-state index in [0.29, 0.717) is 10.4 Å². The molecular formula is C15H23ClN2O2S2. The number of hydrogen-bond donors (Lipinski definition) is 0. The third kappa shape index (κ3) is 5.97. The third-order valence-electron chi connectivity index (χ3n) is 3.29. The van der Waals surface area contributed by atoms with Crippen molar-refractivity contribution in [2.45, 2.75) is 45.0 Å². The second-order valence-corrected chi connectivity index (χ2v) is 9.26. The van der Waals surface area contributed by atoms with Gasteiger partial charge in [-0.3, -0.25) is 0 Å². The fourth-order valence-corrected chi connectivity index (χ4v) is 4.63. The van der Waals surface area contributed by atoms with Crippen molar-refractivity contribution in [1.29, 1.82) is 0 Å². The first-order valence-corrected chi connectivity index (χ1v) is 9.84. The van der Waals surface area contributed by atoms with Crippen molar-refractivity contribution in [1.82, 2.24) is 9.88 Å². The summed E-state index contributed by atoms with van der Waals surface area (Å²) in [5.74, 6) is 2.52. The fraction of sp³-hybridized carbons (Fsp3) is 0.733. The molecule has 1 aliphatic heterocycles. The Bertz CT molecular complexity index is 502. The highest BCUT2D eigenvalue weighted by atomic mass is 35.5. The first-order valence-electron chi connectivity index (χ1n) is 7.49. The lowest BCUT2D eigenvalue weighted by Gasteiger charge is -2.34. The number of thiazole rings is 1. The lowest BCUT2D eigenvalue weighted by Crippen LogP contribution is -2.43. The van der Waals surface area contributed by atoms with Gasteiger partial charge in [0.1, 0.15) is 5.60 Å². The van der Waals surface area contributed by atoms with E-state index in [2.05, 4.69) is 4.98 Å². The number of thioether (sulfide) groups is 1. The van der Waals surface area contributed by atoms with Gasteiger partial charge in [-0.25, -0.2) is 9.78 Å². The quantitative estimate of drug-likeness (QED) is 0.780. The molecular weight excluding hydrogens is 340 g/mol. The molecule has 22 heavy (non-hydrogen) atoms. The number of hydrogen-bond acceptors (Lipinski definition) is 5. The molecule has 1 saturated heterocycles. The zero-order chi connectivity index (χ0) is 16.2. The minimum atomic E-state index is -0.426. The van der Waals surface area contributed by atoms with E-state index in [4.69, 9.17) is 16.3 Å². The number of rotatable bonds is 4. The molecule has 0 unspecified atom stereocenters. The van der Waals surface area contributed by atoms with Crippen LogP contribution in [-0.2, 0) is 10.5 Å². The number of likely N-dealkylation sites (tertiary alicyclic amines) is 1. The van der Waals surface area contributed by atoms with Gasteiger partial charge in [0.05, 0.1) is 0 Å². The summed E-state index contributed by atoms with van der Waals surface area (Å²) in [5, 5.41) is 0. The summed E-state index contributed by atoms with van der Waals surface area (Å²) >= 11 is 9.26. The second kappa shape index (κ2) is 7.88. The van der Waals surface area contributed by atoms with E-state index in [1.165, 1.54) is 22.6 Å². The topological polar surface area (TPSA) is 42.4 Å². The molecule has 0 aliphatic carbocycles. The van der Waals surface area contributed by atoms with Gasteiger partial charge in [0.15, 0.2) is 4.47 Å². The molecule has 7 heteroatoms. The van der Waals surface area contributed by atoms with Gasteiger partial charge in [0.2, 0.25) is 0 Å². The molecule has 1 aromatic rings. The molecule has 4 nitrogen and oxygen atoms in total. The van der Waals surface area contributed by atoms with Crippen LogP contribution < -0.4 is 0 Å². The number of carbonyl (C=O) groups excluding carboxylic acids is 1. The maximum absolute atomic E-state index is 12.1. The van der Waals surface area contributed by atoms with Crippen molar-refractivity contribution in [3.8, 4) is 0 Å². The molecule has 0 N–H and O–H groups in total. The normalized spacial score (nSPS) is 19.3. The van der Waals surface area contributed by atoms with Crippen LogP contribution in [0, 0.1) is 5.92 Å². The van der Waals surface area contributed by atoms with Crippen molar-refractivity contribution < 1.29 is 9.53 Å². The van der Waals surface area contributed by atoms with Crippen molar-refractivity contribution in [2.75, 3.05) is 18.8 Å². The zero-order valence-corrected chi connectivity index (χ0v) is 15.7. The van der Waals surface area contributed by atoms with Gasteiger partial charge < -0.3 is 9.64 Å². The molecule has 1 aliphatic rings. The van der Waals surface area contributed by atoms with Crippen LogP contribution >= 0.6 is 34.7 Å². The molecule has 1 aromatic heterocycles. The van der Waals surface area contributed by atoms with Gasteiger partial charge in [-0.15, -0.1) is 11.3 Å². The lowest BCUT2D eigenvalue weighted by atomic mass is 10.0. The first-order chi connectivity index (χ1) is 10.3. The van der Waals surface area contributed by atoms with E-state index in [1.807, 2.05) is 43.6 Å². The molecule has 1 fully saturated rings. The molecule has 0 aromatic carbocycles. The molecule has 1 amide bonds. The summed E-state index contributed by atoms with van der Waals surface area (Å²) in [6.45, 7) is 7.32. The minimum absolute atomic E-state index is 0.184. The maximum atomic E-state index is 12.1. The van der Waals surface area contributed by atoms with Crippen LogP contribution in [0.1, 0.15) is 38.5 Å². The van der Waals surface area contributed by atoms with Crippen LogP contribution in [0.4, 0.5) is 4.79 Å². The van der Waals surface area contributed by atoms with Gasteiger partial charge in [-0.05, 0) is 45.3 Å². The van der Waals surface area contributed by atoms with Gasteiger partial charge in [0, 0.05) is 29.9 Å². The Kier molecular flexibility index (Phi) is 6.41. The van der Waals surface area contributed by atoms with Gasteiger partial charge >= 0.3 is 6.09 Å². The monoisotopic (exact) mass is 362 g/mol. The van der Waals surface area contributed by atoms with Crippen molar-refractivity contribution in [3.05, 3.63) is 15.5 Å². The highest BCUT2D eigenvalue weighted by molar-refractivity contribution is 7.98. The third-order valence-corrected chi connectivity index (χ3v) is 5.81. The number of aromatic nitrogens is 1. The number of ether oxygens (including phenoxy) is 1. The number of nitrogens with zero attached hydrogens (tertiary/aromatic N) is 2. The molecule has 0 bridgehead atoms. The number of halogens is 1. The number of carbonyl (C=O) groups is 1. The Labute approximate surface area is 145 Å². The average Bonchev–Trinajstić information content (AvgIpc) is 2.83. The van der Waals surface area contributed by atoms with Crippen molar-refractivity contribution in [3.63, 3.8) is 0 Å². The molecule has 2 heterocycles. The summed E-state index contributed by atoms with van der Waals surface area (Å²) in [4.78, 5) is 19.2. The predicted molar refractivity (Wildman–Crippen MR) is 93.8 cm³/mol. The number of piperidine rings is 1. The fourth-order valence-electron chi connectivity index (χ4n) is 2.37. The Morgan fingerprint density at radius 3 is 3.00 bits per heavy atom. The van der Waals surface area contributed by atoms with Crippen molar-refractivity contribution >= 4 is 40.8 Å². The Morgan fingerprint density at radius 2 is 2.36 bits per heavy atom. The van der Waals surface area contributed by atoms with E-state index in [1.54, 1.807) is 0 Å². The smallest absolute Gasteiger partial charge is 0.410 e. The Balaban J connectivity index is 1.74. The van der Waals surface area contributed by atoms with E-state index in [9.17, 15) is 4.79 Å². The molecule has 124 valence electrons. The van der Waals surface area contributed by atoms with Crippen LogP contribution in [0.3, 0.4) is 0 Å². The van der Waals surface area contributed by atoms with Gasteiger partial charge in [0.25, 0.3) is 0 Å². The molecule has 0 saturated carbocycles. The van der Waals surface area contributed by atoms with E-state index in [0.717, 1.165) is 31.0 Å². The molecule has 0 radical (unpaired) electrons. The van der Waals surface area contributed by atoms with E-state index < -0.39 is 5.60 Å².